The van der Waals surface area contributed by atoms with Crippen LogP contribution in [0, 0.1) is 0 Å². The van der Waals surface area contributed by atoms with Crippen LogP contribution >= 0.6 is 0 Å². The van der Waals surface area contributed by atoms with Crippen LogP contribution in [0.25, 0.3) is 10.9 Å². The molecule has 3 heteroatoms. The van der Waals surface area contributed by atoms with Crippen LogP contribution in [-0.2, 0) is 6.42 Å². The Labute approximate surface area is 92.7 Å². The van der Waals surface area contributed by atoms with Gasteiger partial charge in [-0.3, -0.25) is 14.2 Å². The Hall–Kier alpha value is -1.90. The maximum Gasteiger partial charge on any atom is 0.227 e. The molecule has 16 heavy (non-hydrogen) atoms. The van der Waals surface area contributed by atoms with E-state index in [2.05, 4.69) is 0 Å². The molecule has 0 amide bonds. The lowest BCUT2D eigenvalue weighted by atomic mass is 9.92. The van der Waals surface area contributed by atoms with E-state index in [9.17, 15) is 9.59 Å². The second kappa shape index (κ2) is 3.04. The summed E-state index contributed by atoms with van der Waals surface area (Å²) in [5.41, 5.74) is 2.73. The van der Waals surface area contributed by atoms with E-state index in [-0.39, 0.29) is 11.7 Å². The highest BCUT2D eigenvalue weighted by atomic mass is 16.1. The molecule has 3 nitrogen and oxygen atoms in total. The quantitative estimate of drug-likeness (QED) is 0.674. The van der Waals surface area contributed by atoms with Crippen molar-refractivity contribution >= 4 is 22.6 Å². The van der Waals surface area contributed by atoms with Crippen molar-refractivity contribution in [3.63, 3.8) is 0 Å². The van der Waals surface area contributed by atoms with Gasteiger partial charge in [-0.2, -0.15) is 0 Å². The van der Waals surface area contributed by atoms with Gasteiger partial charge in [0, 0.05) is 30.5 Å². The number of aryl methyl sites for hydroxylation is 1. The number of benzene rings is 1. The molecule has 2 aromatic rings. The van der Waals surface area contributed by atoms with E-state index >= 15 is 0 Å². The molecular weight excluding hydrogens is 202 g/mol. The Morgan fingerprint density at radius 2 is 2.12 bits per heavy atom. The topological polar surface area (TPSA) is 39.1 Å². The molecule has 1 aliphatic rings. The lowest BCUT2D eigenvalue weighted by Crippen LogP contribution is -2.07. The van der Waals surface area contributed by atoms with E-state index in [1.807, 2.05) is 24.4 Å². The zero-order valence-electron chi connectivity index (χ0n) is 8.99. The van der Waals surface area contributed by atoms with Gasteiger partial charge in [-0.15, -0.1) is 0 Å². The molecule has 1 heterocycles. The van der Waals surface area contributed by atoms with Gasteiger partial charge in [-0.05, 0) is 18.1 Å². The van der Waals surface area contributed by atoms with Crippen molar-refractivity contribution in [2.24, 2.45) is 0 Å². The number of nitrogens with zero attached hydrogens (tertiary/aromatic N) is 1. The summed E-state index contributed by atoms with van der Waals surface area (Å²) < 4.78 is 1.63. The molecule has 0 atom stereocenters. The standard InChI is InChI=1S/C13H11NO2/c1-8(15)14-7-9-5-6-12(16)10-3-2-4-11(14)13(9)10/h2-4,7H,5-6H2,1H3. The number of carbonyl (C=O) groups is 2. The van der Waals surface area contributed by atoms with Gasteiger partial charge in [0.25, 0.3) is 0 Å². The third-order valence-electron chi connectivity index (χ3n) is 3.17. The molecule has 0 unspecified atom stereocenters. The molecule has 0 spiro atoms. The van der Waals surface area contributed by atoms with Gasteiger partial charge in [-0.25, -0.2) is 0 Å². The van der Waals surface area contributed by atoms with Crippen LogP contribution in [0.4, 0.5) is 0 Å². The van der Waals surface area contributed by atoms with Crippen molar-refractivity contribution in [2.45, 2.75) is 19.8 Å². The molecular formula is C13H11NO2. The van der Waals surface area contributed by atoms with Crippen molar-refractivity contribution in [3.05, 3.63) is 35.5 Å². The second-order valence-electron chi connectivity index (χ2n) is 4.17. The summed E-state index contributed by atoms with van der Waals surface area (Å²) >= 11 is 0. The van der Waals surface area contributed by atoms with E-state index in [1.165, 1.54) is 6.92 Å². The third-order valence-corrected chi connectivity index (χ3v) is 3.17. The van der Waals surface area contributed by atoms with Crippen LogP contribution in [0.1, 0.15) is 34.1 Å². The Morgan fingerprint density at radius 3 is 2.88 bits per heavy atom. The average molecular weight is 213 g/mol. The van der Waals surface area contributed by atoms with Gasteiger partial charge in [0.2, 0.25) is 5.91 Å². The highest BCUT2D eigenvalue weighted by Crippen LogP contribution is 2.31. The van der Waals surface area contributed by atoms with E-state index in [0.29, 0.717) is 6.42 Å². The first-order chi connectivity index (χ1) is 7.68. The van der Waals surface area contributed by atoms with E-state index in [4.69, 9.17) is 0 Å². The molecule has 0 saturated carbocycles. The highest BCUT2D eigenvalue weighted by Gasteiger charge is 2.22. The minimum atomic E-state index is -0.0113. The zero-order valence-corrected chi connectivity index (χ0v) is 8.99. The van der Waals surface area contributed by atoms with Gasteiger partial charge in [0.05, 0.1) is 5.52 Å². The lowest BCUT2D eigenvalue weighted by molar-refractivity contribution is 0.0940. The molecule has 80 valence electrons. The zero-order chi connectivity index (χ0) is 11.3. The minimum absolute atomic E-state index is 0.0113. The highest BCUT2D eigenvalue weighted by molar-refractivity contribution is 6.12. The van der Waals surface area contributed by atoms with Gasteiger partial charge in [0.1, 0.15) is 0 Å². The first-order valence-corrected chi connectivity index (χ1v) is 5.35. The molecule has 0 saturated heterocycles. The molecule has 0 radical (unpaired) electrons. The average Bonchev–Trinajstić information content (AvgIpc) is 2.64. The van der Waals surface area contributed by atoms with Crippen LogP contribution in [0.5, 0.6) is 0 Å². The molecule has 0 fully saturated rings. The van der Waals surface area contributed by atoms with Crippen LogP contribution in [-0.4, -0.2) is 16.3 Å². The summed E-state index contributed by atoms with van der Waals surface area (Å²) in [6.45, 7) is 1.54. The first kappa shape index (κ1) is 9.33. The summed E-state index contributed by atoms with van der Waals surface area (Å²) in [4.78, 5) is 23.2. The van der Waals surface area contributed by atoms with Crippen molar-refractivity contribution in [3.8, 4) is 0 Å². The van der Waals surface area contributed by atoms with E-state index < -0.39 is 0 Å². The largest absolute Gasteiger partial charge is 0.294 e. The molecule has 1 aromatic heterocycles. The number of hydrogen-bond donors (Lipinski definition) is 0. The van der Waals surface area contributed by atoms with Gasteiger partial charge < -0.3 is 0 Å². The summed E-state index contributed by atoms with van der Waals surface area (Å²) in [7, 11) is 0. The van der Waals surface area contributed by atoms with E-state index in [1.54, 1.807) is 4.57 Å². The van der Waals surface area contributed by atoms with Crippen LogP contribution in [0.2, 0.25) is 0 Å². The van der Waals surface area contributed by atoms with Crippen LogP contribution in [0.3, 0.4) is 0 Å². The first-order valence-electron chi connectivity index (χ1n) is 5.35. The van der Waals surface area contributed by atoms with E-state index in [0.717, 1.165) is 28.5 Å². The fraction of sp³-hybridized carbons (Fsp3) is 0.231. The molecule has 1 aromatic carbocycles. The monoisotopic (exact) mass is 213 g/mol. The molecule has 3 rings (SSSR count). The van der Waals surface area contributed by atoms with Gasteiger partial charge in [-0.1, -0.05) is 12.1 Å². The normalized spacial score (nSPS) is 14.4. The Kier molecular flexibility index (Phi) is 1.78. The summed E-state index contributed by atoms with van der Waals surface area (Å²) in [5.74, 6) is 0.169. The van der Waals surface area contributed by atoms with Crippen molar-refractivity contribution in [1.82, 2.24) is 4.57 Å². The Bertz CT molecular complexity index is 622. The van der Waals surface area contributed by atoms with Crippen molar-refractivity contribution in [2.75, 3.05) is 0 Å². The van der Waals surface area contributed by atoms with Crippen molar-refractivity contribution < 1.29 is 9.59 Å². The van der Waals surface area contributed by atoms with Crippen LogP contribution < -0.4 is 0 Å². The van der Waals surface area contributed by atoms with Crippen molar-refractivity contribution in [1.29, 1.82) is 0 Å². The summed E-state index contributed by atoms with van der Waals surface area (Å²) in [6.07, 6.45) is 3.16. The fourth-order valence-corrected chi connectivity index (χ4v) is 2.43. The Morgan fingerprint density at radius 1 is 1.31 bits per heavy atom. The van der Waals surface area contributed by atoms with Gasteiger partial charge in [0.15, 0.2) is 5.78 Å². The number of aromatic nitrogens is 1. The minimum Gasteiger partial charge on any atom is -0.294 e. The lowest BCUT2D eigenvalue weighted by Gasteiger charge is -2.10. The SMILES string of the molecule is CC(=O)n1cc2c3c(cccc31)C(=O)CC2. The van der Waals surface area contributed by atoms with Gasteiger partial charge >= 0.3 is 0 Å². The molecule has 0 N–H and O–H groups in total. The molecule has 0 bridgehead atoms. The summed E-state index contributed by atoms with van der Waals surface area (Å²) in [6, 6.07) is 5.57. The molecule has 1 aliphatic carbocycles. The Balaban J connectivity index is 2.46. The predicted molar refractivity (Wildman–Crippen MR) is 60.9 cm³/mol. The summed E-state index contributed by atoms with van der Waals surface area (Å²) in [5, 5.41) is 0.967. The number of Topliss-reactive ketones (excluding diaryl/α,β-unsaturated/α-hetero) is 1. The fourth-order valence-electron chi connectivity index (χ4n) is 2.43. The number of carbonyl (C=O) groups excluding carboxylic acids is 2. The molecule has 0 aliphatic heterocycles. The smallest absolute Gasteiger partial charge is 0.227 e. The van der Waals surface area contributed by atoms with Crippen LogP contribution in [0.15, 0.2) is 24.4 Å². The number of ketones is 1. The predicted octanol–water partition coefficient (Wildman–Crippen LogP) is 2.43. The number of hydrogen-bond acceptors (Lipinski definition) is 2. The number of rotatable bonds is 0. The second-order valence-corrected chi connectivity index (χ2v) is 4.17. The third kappa shape index (κ3) is 1.08. The maximum atomic E-state index is 11.8. The maximum absolute atomic E-state index is 11.8.